The van der Waals surface area contributed by atoms with Crippen LogP contribution in [0.2, 0.25) is 0 Å². The highest BCUT2D eigenvalue weighted by atomic mass is 19.1. The number of amides is 2. The van der Waals surface area contributed by atoms with Crippen LogP contribution in [0.5, 0.6) is 5.75 Å². The second-order valence-corrected chi connectivity index (χ2v) is 5.68. The van der Waals surface area contributed by atoms with Gasteiger partial charge in [-0.05, 0) is 30.2 Å². The first-order chi connectivity index (χ1) is 11.4. The van der Waals surface area contributed by atoms with E-state index in [-0.39, 0.29) is 13.1 Å². The molecule has 0 spiro atoms. The fraction of sp³-hybridized carbons (Fsp3) is 0.278. The number of benzene rings is 2. The molecule has 0 radical (unpaired) electrons. The number of nitrogens with one attached hydrogen (secondary N) is 2. The van der Waals surface area contributed by atoms with E-state index < -0.39 is 17.4 Å². The van der Waals surface area contributed by atoms with Crippen LogP contribution in [0.25, 0.3) is 0 Å². The highest BCUT2D eigenvalue weighted by Gasteiger charge is 2.23. The van der Waals surface area contributed by atoms with E-state index in [0.29, 0.717) is 16.9 Å². The predicted octanol–water partition coefficient (Wildman–Crippen LogP) is 2.54. The third-order valence-electron chi connectivity index (χ3n) is 3.61. The van der Waals surface area contributed by atoms with Gasteiger partial charge >= 0.3 is 6.03 Å². The van der Waals surface area contributed by atoms with Crippen LogP contribution in [-0.4, -0.2) is 24.8 Å². The molecular formula is C18H21FN2O3. The number of carbonyl (C=O) groups is 1. The van der Waals surface area contributed by atoms with E-state index in [1.54, 1.807) is 25.1 Å². The molecule has 2 aromatic carbocycles. The lowest BCUT2D eigenvalue weighted by Gasteiger charge is -2.24. The number of urea groups is 1. The Hall–Kier alpha value is -2.60. The first-order valence-corrected chi connectivity index (χ1v) is 7.54. The summed E-state index contributed by atoms with van der Waals surface area (Å²) >= 11 is 0. The van der Waals surface area contributed by atoms with Crippen molar-refractivity contribution in [2.75, 3.05) is 13.7 Å². The molecule has 1 unspecified atom stereocenters. The molecule has 6 heteroatoms. The summed E-state index contributed by atoms with van der Waals surface area (Å²) in [7, 11) is 1.45. The molecule has 0 heterocycles. The van der Waals surface area contributed by atoms with Crippen molar-refractivity contribution in [3.8, 4) is 5.75 Å². The number of methoxy groups -OCH3 is 1. The van der Waals surface area contributed by atoms with Gasteiger partial charge in [0.2, 0.25) is 0 Å². The molecule has 24 heavy (non-hydrogen) atoms. The van der Waals surface area contributed by atoms with Crippen molar-refractivity contribution in [2.45, 2.75) is 19.1 Å². The zero-order valence-corrected chi connectivity index (χ0v) is 13.7. The maximum Gasteiger partial charge on any atom is 0.315 e. The van der Waals surface area contributed by atoms with Gasteiger partial charge in [0.15, 0.2) is 0 Å². The summed E-state index contributed by atoms with van der Waals surface area (Å²) in [5.41, 5.74) is 0.109. The molecule has 2 rings (SSSR count). The van der Waals surface area contributed by atoms with Crippen molar-refractivity contribution in [2.24, 2.45) is 0 Å². The van der Waals surface area contributed by atoms with E-state index in [1.165, 1.54) is 19.2 Å². The minimum Gasteiger partial charge on any atom is -0.497 e. The topological polar surface area (TPSA) is 70.6 Å². The van der Waals surface area contributed by atoms with Gasteiger partial charge in [-0.25, -0.2) is 9.18 Å². The van der Waals surface area contributed by atoms with Crippen molar-refractivity contribution >= 4 is 6.03 Å². The van der Waals surface area contributed by atoms with Gasteiger partial charge in [-0.2, -0.15) is 0 Å². The van der Waals surface area contributed by atoms with Crippen LogP contribution < -0.4 is 15.4 Å². The third-order valence-corrected chi connectivity index (χ3v) is 3.61. The monoisotopic (exact) mass is 332 g/mol. The molecule has 0 saturated heterocycles. The van der Waals surface area contributed by atoms with Crippen molar-refractivity contribution in [1.29, 1.82) is 0 Å². The van der Waals surface area contributed by atoms with Crippen LogP contribution in [0, 0.1) is 5.82 Å². The zero-order chi connectivity index (χ0) is 17.6. The summed E-state index contributed by atoms with van der Waals surface area (Å²) in [6.45, 7) is 1.82. The summed E-state index contributed by atoms with van der Waals surface area (Å²) in [5, 5.41) is 15.6. The van der Waals surface area contributed by atoms with Gasteiger partial charge in [0, 0.05) is 12.6 Å². The maximum atomic E-state index is 13.4. The predicted molar refractivity (Wildman–Crippen MR) is 89.2 cm³/mol. The van der Waals surface area contributed by atoms with Gasteiger partial charge in [-0.1, -0.05) is 30.3 Å². The summed E-state index contributed by atoms with van der Waals surface area (Å²) in [6.07, 6.45) is 0. The highest BCUT2D eigenvalue weighted by Crippen LogP contribution is 2.19. The fourth-order valence-corrected chi connectivity index (χ4v) is 2.24. The maximum absolute atomic E-state index is 13.4. The molecule has 2 aromatic rings. The third kappa shape index (κ3) is 4.96. The van der Waals surface area contributed by atoms with Crippen molar-refractivity contribution in [3.63, 3.8) is 0 Å². The Morgan fingerprint density at radius 1 is 1.21 bits per heavy atom. The second kappa shape index (κ2) is 7.79. The molecule has 0 saturated carbocycles. The minimum absolute atomic E-state index is 0.0509. The molecule has 0 fully saturated rings. The summed E-state index contributed by atoms with van der Waals surface area (Å²) in [5.74, 6) is -0.0437. The molecule has 0 aliphatic heterocycles. The first-order valence-electron chi connectivity index (χ1n) is 7.54. The number of aliphatic hydroxyl groups is 1. The lowest BCUT2D eigenvalue weighted by Crippen LogP contribution is -2.43. The molecule has 3 N–H and O–H groups in total. The number of hydrogen-bond acceptors (Lipinski definition) is 3. The minimum atomic E-state index is -1.18. The summed E-state index contributed by atoms with van der Waals surface area (Å²) < 4.78 is 18.4. The van der Waals surface area contributed by atoms with Gasteiger partial charge in [0.1, 0.15) is 17.2 Å². The van der Waals surface area contributed by atoms with Gasteiger partial charge in [-0.3, -0.25) is 0 Å². The molecule has 1 atom stereocenters. The fourth-order valence-electron chi connectivity index (χ4n) is 2.24. The van der Waals surface area contributed by atoms with E-state index >= 15 is 0 Å². The largest absolute Gasteiger partial charge is 0.497 e. The molecule has 5 nitrogen and oxygen atoms in total. The van der Waals surface area contributed by atoms with Crippen molar-refractivity contribution in [3.05, 3.63) is 65.5 Å². The number of hydrogen-bond donors (Lipinski definition) is 3. The quantitative estimate of drug-likeness (QED) is 0.761. The lowest BCUT2D eigenvalue weighted by atomic mass is 9.96. The average Bonchev–Trinajstić information content (AvgIpc) is 2.58. The van der Waals surface area contributed by atoms with Crippen molar-refractivity contribution in [1.82, 2.24) is 10.6 Å². The lowest BCUT2D eigenvalue weighted by molar-refractivity contribution is 0.0594. The van der Waals surface area contributed by atoms with Crippen LogP contribution >= 0.6 is 0 Å². The van der Waals surface area contributed by atoms with Gasteiger partial charge in [0.05, 0.1) is 13.7 Å². The molecule has 0 aliphatic carbocycles. The van der Waals surface area contributed by atoms with Crippen LogP contribution in [0.4, 0.5) is 9.18 Å². The SMILES string of the molecule is COc1cc(F)cc(CNC(=O)NCC(C)(O)c2ccccc2)c1. The van der Waals surface area contributed by atoms with E-state index in [0.717, 1.165) is 0 Å². The average molecular weight is 332 g/mol. The van der Waals surface area contributed by atoms with E-state index in [1.807, 2.05) is 18.2 Å². The Balaban J connectivity index is 1.87. The Morgan fingerprint density at radius 2 is 1.92 bits per heavy atom. The molecule has 0 aliphatic rings. The van der Waals surface area contributed by atoms with Crippen LogP contribution in [0.15, 0.2) is 48.5 Å². The number of carbonyl (C=O) groups excluding carboxylic acids is 1. The van der Waals surface area contributed by atoms with Crippen molar-refractivity contribution < 1.29 is 19.0 Å². The van der Waals surface area contributed by atoms with Gasteiger partial charge in [-0.15, -0.1) is 0 Å². The molecule has 128 valence electrons. The Kier molecular flexibility index (Phi) is 5.76. The Bertz CT molecular complexity index is 690. The number of rotatable bonds is 6. The molecule has 2 amide bonds. The van der Waals surface area contributed by atoms with Gasteiger partial charge in [0.25, 0.3) is 0 Å². The normalized spacial score (nSPS) is 13.0. The van der Waals surface area contributed by atoms with E-state index in [9.17, 15) is 14.3 Å². The van der Waals surface area contributed by atoms with Crippen LogP contribution in [-0.2, 0) is 12.1 Å². The highest BCUT2D eigenvalue weighted by molar-refractivity contribution is 5.73. The molecule has 0 aromatic heterocycles. The molecular weight excluding hydrogens is 311 g/mol. The Morgan fingerprint density at radius 3 is 2.58 bits per heavy atom. The summed E-state index contributed by atoms with van der Waals surface area (Å²) in [4.78, 5) is 11.9. The summed E-state index contributed by atoms with van der Waals surface area (Å²) in [6, 6.07) is 12.9. The van der Waals surface area contributed by atoms with E-state index in [4.69, 9.17) is 4.74 Å². The smallest absolute Gasteiger partial charge is 0.315 e. The van der Waals surface area contributed by atoms with Crippen LogP contribution in [0.3, 0.4) is 0 Å². The number of ether oxygens (including phenoxy) is 1. The van der Waals surface area contributed by atoms with Crippen LogP contribution in [0.1, 0.15) is 18.1 Å². The standard InChI is InChI=1S/C18H21FN2O3/c1-18(23,14-6-4-3-5-7-14)12-21-17(22)20-11-13-8-15(19)10-16(9-13)24-2/h3-10,23H,11-12H2,1-2H3,(H2,20,21,22). The zero-order valence-electron chi connectivity index (χ0n) is 13.7. The second-order valence-electron chi connectivity index (χ2n) is 5.68. The van der Waals surface area contributed by atoms with E-state index in [2.05, 4.69) is 10.6 Å². The molecule has 0 bridgehead atoms. The first kappa shape index (κ1) is 17.7. The Labute approximate surface area is 140 Å². The van der Waals surface area contributed by atoms with Gasteiger partial charge < -0.3 is 20.5 Å². The number of halogens is 1.